The molecule has 0 bridgehead atoms. The minimum atomic E-state index is 0.103. The first-order chi connectivity index (χ1) is 11.5. The van der Waals surface area contributed by atoms with Crippen LogP contribution in [0.4, 0.5) is 0 Å². The van der Waals surface area contributed by atoms with E-state index in [4.69, 9.17) is 15.0 Å². The third-order valence-electron chi connectivity index (χ3n) is 3.53. The van der Waals surface area contributed by atoms with Crippen LogP contribution in [-0.2, 0) is 18.5 Å². The molecular formula is C19H25N3OS. The van der Waals surface area contributed by atoms with Crippen molar-refractivity contribution in [2.45, 2.75) is 52.1 Å². The fraction of sp³-hybridized carbons (Fsp3) is 0.474. The third kappa shape index (κ3) is 5.95. The van der Waals surface area contributed by atoms with Crippen LogP contribution in [0.2, 0.25) is 0 Å². The Morgan fingerprint density at radius 1 is 1.29 bits per heavy atom. The summed E-state index contributed by atoms with van der Waals surface area (Å²) >= 11 is 1.71. The van der Waals surface area contributed by atoms with E-state index in [-0.39, 0.29) is 5.41 Å². The van der Waals surface area contributed by atoms with Gasteiger partial charge in [0.15, 0.2) is 0 Å². The van der Waals surface area contributed by atoms with Crippen molar-refractivity contribution in [1.29, 1.82) is 5.26 Å². The van der Waals surface area contributed by atoms with Gasteiger partial charge < -0.3 is 10.1 Å². The van der Waals surface area contributed by atoms with Gasteiger partial charge in [-0.25, -0.2) is 4.98 Å². The Labute approximate surface area is 148 Å². The van der Waals surface area contributed by atoms with E-state index in [1.165, 1.54) is 5.56 Å². The van der Waals surface area contributed by atoms with Gasteiger partial charge in [-0.05, 0) is 24.1 Å². The molecule has 2 aromatic rings. The van der Waals surface area contributed by atoms with Gasteiger partial charge in [-0.15, -0.1) is 11.3 Å². The molecule has 0 saturated heterocycles. The zero-order chi connectivity index (χ0) is 17.4. The first-order valence-corrected chi connectivity index (χ1v) is 9.11. The highest BCUT2D eigenvalue weighted by atomic mass is 32.1. The number of nitriles is 1. The monoisotopic (exact) mass is 343 g/mol. The van der Waals surface area contributed by atoms with Crippen LogP contribution < -0.4 is 10.1 Å². The van der Waals surface area contributed by atoms with Crippen LogP contribution in [0.3, 0.4) is 0 Å². The number of ether oxygens (including phenoxy) is 1. The van der Waals surface area contributed by atoms with E-state index in [0.29, 0.717) is 13.0 Å². The van der Waals surface area contributed by atoms with Crippen LogP contribution in [0.15, 0.2) is 29.6 Å². The van der Waals surface area contributed by atoms with E-state index in [1.54, 1.807) is 11.3 Å². The maximum Gasteiger partial charge on any atom is 0.119 e. The van der Waals surface area contributed by atoms with E-state index in [9.17, 15) is 0 Å². The zero-order valence-electron chi connectivity index (χ0n) is 14.6. The molecule has 0 saturated carbocycles. The summed E-state index contributed by atoms with van der Waals surface area (Å²) in [6.07, 6.45) is 1.30. The average Bonchev–Trinajstić information content (AvgIpc) is 3.01. The lowest BCUT2D eigenvalue weighted by molar-refractivity contribution is 0.312. The maximum atomic E-state index is 8.53. The second-order valence-corrected chi connectivity index (χ2v) is 7.68. The Morgan fingerprint density at radius 3 is 2.83 bits per heavy atom. The van der Waals surface area contributed by atoms with Crippen LogP contribution in [0, 0.1) is 11.3 Å². The van der Waals surface area contributed by atoms with Gasteiger partial charge in [-0.3, -0.25) is 0 Å². The Bertz CT molecular complexity index is 682. The van der Waals surface area contributed by atoms with E-state index in [1.807, 2.05) is 18.2 Å². The molecule has 0 spiro atoms. The van der Waals surface area contributed by atoms with Crippen molar-refractivity contribution in [1.82, 2.24) is 10.3 Å². The predicted octanol–water partition coefficient (Wildman–Crippen LogP) is 4.41. The van der Waals surface area contributed by atoms with Gasteiger partial charge in [-0.1, -0.05) is 32.9 Å². The summed E-state index contributed by atoms with van der Waals surface area (Å²) in [6, 6.07) is 10.2. The molecule has 128 valence electrons. The van der Waals surface area contributed by atoms with Gasteiger partial charge in [0.25, 0.3) is 0 Å². The van der Waals surface area contributed by atoms with Gasteiger partial charge in [0, 0.05) is 30.3 Å². The molecule has 0 amide bonds. The molecule has 2 rings (SSSR count). The Morgan fingerprint density at radius 2 is 2.12 bits per heavy atom. The first kappa shape index (κ1) is 18.4. The lowest BCUT2D eigenvalue weighted by Crippen LogP contribution is -2.14. The molecule has 0 aliphatic rings. The number of nitrogens with one attached hydrogen (secondary N) is 1. The summed E-state index contributed by atoms with van der Waals surface area (Å²) in [5.41, 5.74) is 2.43. The number of aromatic nitrogens is 1. The Kier molecular flexibility index (Phi) is 6.77. The normalized spacial score (nSPS) is 11.2. The van der Waals surface area contributed by atoms with Crippen LogP contribution in [0.5, 0.6) is 5.75 Å². The van der Waals surface area contributed by atoms with Crippen LogP contribution in [-0.4, -0.2) is 11.6 Å². The number of hydrogen-bond acceptors (Lipinski definition) is 5. The van der Waals surface area contributed by atoms with Gasteiger partial charge in [0.2, 0.25) is 0 Å². The van der Waals surface area contributed by atoms with Gasteiger partial charge >= 0.3 is 0 Å². The average molecular weight is 343 g/mol. The molecule has 1 aromatic heterocycles. The van der Waals surface area contributed by atoms with Crippen molar-refractivity contribution < 1.29 is 4.74 Å². The van der Waals surface area contributed by atoms with Gasteiger partial charge in [-0.2, -0.15) is 5.26 Å². The second-order valence-electron chi connectivity index (χ2n) is 6.74. The second kappa shape index (κ2) is 8.81. The van der Waals surface area contributed by atoms with Crippen LogP contribution in [0.25, 0.3) is 0 Å². The summed E-state index contributed by atoms with van der Waals surface area (Å²) in [5, 5.41) is 15.2. The molecule has 0 atom stereocenters. The first-order valence-electron chi connectivity index (χ1n) is 8.23. The lowest BCUT2D eigenvalue weighted by atomic mass is 9.93. The van der Waals surface area contributed by atoms with Crippen LogP contribution in [0.1, 0.15) is 49.9 Å². The Balaban J connectivity index is 1.80. The quantitative estimate of drug-likeness (QED) is 0.721. The van der Waals surface area contributed by atoms with E-state index in [2.05, 4.69) is 43.6 Å². The fourth-order valence-electron chi connectivity index (χ4n) is 2.14. The van der Waals surface area contributed by atoms with Gasteiger partial charge in [0.1, 0.15) is 10.8 Å². The zero-order valence-corrected chi connectivity index (χ0v) is 15.4. The highest BCUT2D eigenvalue weighted by Gasteiger charge is 2.17. The minimum Gasteiger partial charge on any atom is -0.494 e. The number of benzene rings is 1. The van der Waals surface area contributed by atoms with Crippen molar-refractivity contribution in [2.24, 2.45) is 0 Å². The van der Waals surface area contributed by atoms with Crippen molar-refractivity contribution in [2.75, 3.05) is 6.61 Å². The molecule has 1 N–H and O–H groups in total. The SMILES string of the molecule is CC(C)(C)c1csc(CNCc2cccc(OCCCC#N)c2)n1. The molecule has 1 heterocycles. The highest BCUT2D eigenvalue weighted by molar-refractivity contribution is 7.09. The summed E-state index contributed by atoms with van der Waals surface area (Å²) in [6.45, 7) is 8.68. The van der Waals surface area contributed by atoms with Crippen molar-refractivity contribution in [3.05, 3.63) is 45.9 Å². The van der Waals surface area contributed by atoms with Crippen molar-refractivity contribution in [3.8, 4) is 11.8 Å². The van der Waals surface area contributed by atoms with Gasteiger partial charge in [0.05, 0.1) is 18.4 Å². The van der Waals surface area contributed by atoms with E-state index >= 15 is 0 Å². The molecule has 1 aromatic carbocycles. The third-order valence-corrected chi connectivity index (χ3v) is 4.37. The predicted molar refractivity (Wildman–Crippen MR) is 98.1 cm³/mol. The maximum absolute atomic E-state index is 8.53. The van der Waals surface area contributed by atoms with E-state index in [0.717, 1.165) is 36.0 Å². The number of rotatable bonds is 8. The number of hydrogen-bond donors (Lipinski definition) is 1. The molecular weight excluding hydrogens is 318 g/mol. The fourth-order valence-corrected chi connectivity index (χ4v) is 3.13. The lowest BCUT2D eigenvalue weighted by Gasteiger charge is -2.14. The number of nitrogens with zero attached hydrogens (tertiary/aromatic N) is 2. The molecule has 4 nitrogen and oxygen atoms in total. The molecule has 24 heavy (non-hydrogen) atoms. The topological polar surface area (TPSA) is 57.9 Å². The Hall–Kier alpha value is -1.90. The number of unbranched alkanes of at least 4 members (excludes halogenated alkanes) is 1. The molecule has 0 radical (unpaired) electrons. The summed E-state index contributed by atoms with van der Waals surface area (Å²) in [5.74, 6) is 0.858. The van der Waals surface area contributed by atoms with E-state index < -0.39 is 0 Å². The number of thiazole rings is 1. The largest absolute Gasteiger partial charge is 0.494 e. The summed E-state index contributed by atoms with van der Waals surface area (Å²) < 4.78 is 5.66. The smallest absolute Gasteiger partial charge is 0.119 e. The molecule has 0 aliphatic carbocycles. The molecule has 0 aliphatic heterocycles. The summed E-state index contributed by atoms with van der Waals surface area (Å²) in [7, 11) is 0. The van der Waals surface area contributed by atoms with Crippen molar-refractivity contribution in [3.63, 3.8) is 0 Å². The highest BCUT2D eigenvalue weighted by Crippen LogP contribution is 2.23. The van der Waals surface area contributed by atoms with Crippen LogP contribution >= 0.6 is 11.3 Å². The molecule has 5 heteroatoms. The van der Waals surface area contributed by atoms with Crippen molar-refractivity contribution >= 4 is 11.3 Å². The molecule has 0 unspecified atom stereocenters. The summed E-state index contributed by atoms with van der Waals surface area (Å²) in [4.78, 5) is 4.69. The minimum absolute atomic E-state index is 0.103. The molecule has 0 fully saturated rings. The standard InChI is InChI=1S/C19H25N3OS/c1-19(2,3)17-14-24-18(22-17)13-21-12-15-7-6-8-16(11-15)23-10-5-4-9-20/h6-8,11,14,21H,4-5,10,12-13H2,1-3H3.